The van der Waals surface area contributed by atoms with Gasteiger partial charge in [0, 0.05) is 25.7 Å². The molecular formula is C32H29N3S. The van der Waals surface area contributed by atoms with Crippen LogP contribution in [0.4, 0.5) is 0 Å². The largest absolute Gasteiger partial charge is 0.209 e. The predicted molar refractivity (Wildman–Crippen MR) is 157 cm³/mol. The van der Waals surface area contributed by atoms with Crippen molar-refractivity contribution in [1.82, 2.24) is 15.0 Å². The first-order chi connectivity index (χ1) is 17.5. The van der Waals surface area contributed by atoms with E-state index in [-0.39, 0.29) is 0 Å². The molecule has 0 radical (unpaired) electrons. The van der Waals surface area contributed by atoms with Gasteiger partial charge in [0.1, 0.15) is 0 Å². The lowest BCUT2D eigenvalue weighted by atomic mass is 10.1. The van der Waals surface area contributed by atoms with Crippen LogP contribution in [0.1, 0.15) is 31.1 Å². The quantitative estimate of drug-likeness (QED) is 0.232. The number of hydrogen-bond donors (Lipinski definition) is 0. The molecule has 0 saturated heterocycles. The third kappa shape index (κ3) is 5.56. The molecule has 5 aromatic rings. The Morgan fingerprint density at radius 2 is 1.28 bits per heavy atom. The standard InChI is InChI=1S/C19H19N3.C13H10S/c1-5-10-14(3)17-20-18(15(4)11-6-2)22-19(21-17)16-12-8-7-9-13-16;1-9-5-4-8-12-13(9)10-6-2-3-7-11(10)14-12/h5-13H,1-2H2,3-4H3;2-8H,1H3/b14-10+,15-11+;. The minimum Gasteiger partial charge on any atom is -0.209 e. The lowest BCUT2D eigenvalue weighted by Crippen LogP contribution is -2.03. The summed E-state index contributed by atoms with van der Waals surface area (Å²) in [5.41, 5.74) is 4.23. The third-order valence-corrected chi connectivity index (χ3v) is 6.86. The monoisotopic (exact) mass is 487 g/mol. The highest BCUT2D eigenvalue weighted by molar-refractivity contribution is 7.25. The first kappa shape index (κ1) is 25.0. The van der Waals surface area contributed by atoms with Crippen LogP contribution < -0.4 is 0 Å². The average Bonchev–Trinajstić information content (AvgIpc) is 3.29. The Labute approximate surface area is 216 Å². The molecule has 178 valence electrons. The summed E-state index contributed by atoms with van der Waals surface area (Å²) in [5.74, 6) is 1.97. The van der Waals surface area contributed by atoms with Crippen LogP contribution in [0.5, 0.6) is 0 Å². The number of rotatable bonds is 5. The van der Waals surface area contributed by atoms with Crippen LogP contribution in [0.3, 0.4) is 0 Å². The van der Waals surface area contributed by atoms with E-state index in [1.54, 1.807) is 12.2 Å². The van der Waals surface area contributed by atoms with Gasteiger partial charge in [-0.25, -0.2) is 15.0 Å². The second kappa shape index (κ2) is 11.5. The van der Waals surface area contributed by atoms with Crippen molar-refractivity contribution >= 4 is 42.7 Å². The Hall–Kier alpha value is -4.15. The topological polar surface area (TPSA) is 38.7 Å². The van der Waals surface area contributed by atoms with Crippen LogP contribution in [-0.4, -0.2) is 15.0 Å². The minimum atomic E-state index is 0.653. The van der Waals surface area contributed by atoms with Gasteiger partial charge in [-0.05, 0) is 49.6 Å². The van der Waals surface area contributed by atoms with Crippen molar-refractivity contribution in [2.45, 2.75) is 20.8 Å². The zero-order valence-corrected chi connectivity index (χ0v) is 21.7. The van der Waals surface area contributed by atoms with Crippen molar-refractivity contribution in [1.29, 1.82) is 0 Å². The number of hydrogen-bond acceptors (Lipinski definition) is 4. The fourth-order valence-corrected chi connectivity index (χ4v) is 5.08. The molecule has 0 aliphatic rings. The number of aromatic nitrogens is 3. The van der Waals surface area contributed by atoms with E-state index in [1.165, 1.54) is 25.7 Å². The van der Waals surface area contributed by atoms with E-state index in [1.807, 2.05) is 67.7 Å². The maximum Gasteiger partial charge on any atom is 0.164 e. The van der Waals surface area contributed by atoms with Gasteiger partial charge in [-0.2, -0.15) is 0 Å². The molecule has 5 rings (SSSR count). The average molecular weight is 488 g/mol. The molecule has 0 fully saturated rings. The fourth-order valence-electron chi connectivity index (χ4n) is 3.90. The number of allylic oxidation sites excluding steroid dienone is 6. The van der Waals surface area contributed by atoms with Crippen molar-refractivity contribution in [2.75, 3.05) is 0 Å². The van der Waals surface area contributed by atoms with Gasteiger partial charge >= 0.3 is 0 Å². The first-order valence-corrected chi connectivity index (χ1v) is 12.6. The number of thiophene rings is 1. The van der Waals surface area contributed by atoms with Gasteiger partial charge in [0.2, 0.25) is 0 Å². The van der Waals surface area contributed by atoms with Gasteiger partial charge in [-0.1, -0.05) is 98.1 Å². The first-order valence-electron chi connectivity index (χ1n) is 11.8. The van der Waals surface area contributed by atoms with Crippen LogP contribution in [0, 0.1) is 6.92 Å². The summed E-state index contributed by atoms with van der Waals surface area (Å²) >= 11 is 1.88. The van der Waals surface area contributed by atoms with Crippen molar-refractivity contribution < 1.29 is 0 Å². The molecule has 0 amide bonds. The zero-order valence-electron chi connectivity index (χ0n) is 20.9. The molecular weight excluding hydrogens is 458 g/mol. The van der Waals surface area contributed by atoms with Gasteiger partial charge in [0.05, 0.1) is 0 Å². The van der Waals surface area contributed by atoms with Crippen LogP contribution in [0.15, 0.2) is 110 Å². The zero-order chi connectivity index (χ0) is 25.5. The molecule has 0 spiro atoms. The summed E-state index contributed by atoms with van der Waals surface area (Å²) in [7, 11) is 0. The summed E-state index contributed by atoms with van der Waals surface area (Å²) in [6, 6.07) is 25.0. The van der Waals surface area contributed by atoms with E-state index in [9.17, 15) is 0 Å². The second-order valence-corrected chi connectivity index (χ2v) is 9.47. The molecule has 2 aromatic heterocycles. The number of nitrogens with zero attached hydrogens (tertiary/aromatic N) is 3. The smallest absolute Gasteiger partial charge is 0.164 e. The Balaban J connectivity index is 0.000000185. The van der Waals surface area contributed by atoms with E-state index in [4.69, 9.17) is 0 Å². The molecule has 3 nitrogen and oxygen atoms in total. The van der Waals surface area contributed by atoms with Crippen LogP contribution in [0.25, 0.3) is 42.7 Å². The number of fused-ring (bicyclic) bond motifs is 3. The van der Waals surface area contributed by atoms with Gasteiger partial charge in [-0.3, -0.25) is 0 Å². The van der Waals surface area contributed by atoms with Crippen LogP contribution >= 0.6 is 11.3 Å². The fraction of sp³-hybridized carbons (Fsp3) is 0.0938. The molecule has 0 bridgehead atoms. The van der Waals surface area contributed by atoms with Gasteiger partial charge in [-0.15, -0.1) is 11.3 Å². The minimum absolute atomic E-state index is 0.653. The number of aryl methyl sites for hydroxylation is 1. The van der Waals surface area contributed by atoms with E-state index in [0.717, 1.165) is 16.7 Å². The summed E-state index contributed by atoms with van der Waals surface area (Å²) < 4.78 is 2.78. The molecule has 36 heavy (non-hydrogen) atoms. The van der Waals surface area contributed by atoms with Gasteiger partial charge in [0.25, 0.3) is 0 Å². The number of benzene rings is 3. The van der Waals surface area contributed by atoms with Crippen molar-refractivity contribution in [2.24, 2.45) is 0 Å². The lowest BCUT2D eigenvalue weighted by Gasteiger charge is -2.08. The molecule has 0 saturated carbocycles. The highest BCUT2D eigenvalue weighted by atomic mass is 32.1. The van der Waals surface area contributed by atoms with E-state index in [0.29, 0.717) is 17.5 Å². The molecule has 3 aromatic carbocycles. The second-order valence-electron chi connectivity index (χ2n) is 8.39. The Morgan fingerprint density at radius 3 is 1.92 bits per heavy atom. The maximum atomic E-state index is 4.57. The SMILES string of the molecule is C=C/C=C(\C)c1nc(/C(C)=C/C=C)nc(-c2ccccc2)n1.Cc1cccc2sc3ccccc3c12. The predicted octanol–water partition coefficient (Wildman–Crippen LogP) is 9.08. The van der Waals surface area contributed by atoms with Crippen molar-refractivity contribution in [3.05, 3.63) is 127 Å². The maximum absolute atomic E-state index is 4.57. The molecule has 0 N–H and O–H groups in total. The highest BCUT2D eigenvalue weighted by Gasteiger charge is 2.10. The van der Waals surface area contributed by atoms with E-state index in [2.05, 4.69) is 77.5 Å². The Bertz CT molecular complexity index is 1550. The molecule has 0 aliphatic heterocycles. The van der Waals surface area contributed by atoms with Crippen molar-refractivity contribution in [3.63, 3.8) is 0 Å². The Kier molecular flexibility index (Phi) is 7.99. The summed E-state index contributed by atoms with van der Waals surface area (Å²) in [6.07, 6.45) is 7.24. The third-order valence-electron chi connectivity index (χ3n) is 5.72. The van der Waals surface area contributed by atoms with E-state index >= 15 is 0 Å². The van der Waals surface area contributed by atoms with Crippen molar-refractivity contribution in [3.8, 4) is 11.4 Å². The molecule has 0 atom stereocenters. The van der Waals surface area contributed by atoms with Gasteiger partial charge in [0.15, 0.2) is 17.5 Å². The van der Waals surface area contributed by atoms with E-state index < -0.39 is 0 Å². The molecule has 2 heterocycles. The summed E-state index contributed by atoms with van der Waals surface area (Å²) in [4.78, 5) is 13.7. The molecule has 0 aliphatic carbocycles. The highest BCUT2D eigenvalue weighted by Crippen LogP contribution is 2.35. The molecule has 4 heteroatoms. The summed E-state index contributed by atoms with van der Waals surface area (Å²) in [5, 5.41) is 2.82. The lowest BCUT2D eigenvalue weighted by molar-refractivity contribution is 0.994. The summed E-state index contributed by atoms with van der Waals surface area (Å²) in [6.45, 7) is 13.5. The molecule has 0 unspecified atom stereocenters. The van der Waals surface area contributed by atoms with Gasteiger partial charge < -0.3 is 0 Å². The van der Waals surface area contributed by atoms with Crippen LogP contribution in [-0.2, 0) is 0 Å². The normalized spacial score (nSPS) is 11.8. The Morgan fingerprint density at radius 1 is 0.694 bits per heavy atom. The van der Waals surface area contributed by atoms with Crippen LogP contribution in [0.2, 0.25) is 0 Å².